The second-order valence-electron chi connectivity index (χ2n) is 2.65. The summed E-state index contributed by atoms with van der Waals surface area (Å²) >= 11 is 0. The van der Waals surface area contributed by atoms with Crippen LogP contribution in [0.25, 0.3) is 0 Å². The van der Waals surface area contributed by atoms with E-state index in [-0.39, 0.29) is 6.54 Å². The van der Waals surface area contributed by atoms with Crippen LogP contribution < -0.4 is 5.73 Å². The van der Waals surface area contributed by atoms with Crippen molar-refractivity contribution in [2.24, 2.45) is 5.73 Å². The Bertz CT molecular complexity index is 330. The molecule has 0 aliphatic carbocycles. The molecule has 1 aromatic rings. The molecule has 1 aromatic heterocycles. The van der Waals surface area contributed by atoms with Crippen LogP contribution in [0.2, 0.25) is 0 Å². The molecule has 0 saturated heterocycles. The number of imidazole rings is 1. The summed E-state index contributed by atoms with van der Waals surface area (Å²) in [6.07, 6.45) is 2.84. The SMILES string of the molecule is CCc1nc(C=O)cn1CC(N)=O. The second-order valence-corrected chi connectivity index (χ2v) is 2.65. The van der Waals surface area contributed by atoms with Gasteiger partial charge in [-0.1, -0.05) is 6.92 Å². The first-order valence-corrected chi connectivity index (χ1v) is 3.97. The molecule has 0 spiro atoms. The van der Waals surface area contributed by atoms with Crippen molar-refractivity contribution in [3.05, 3.63) is 17.7 Å². The zero-order valence-corrected chi connectivity index (χ0v) is 7.36. The van der Waals surface area contributed by atoms with Crippen molar-refractivity contribution in [3.8, 4) is 0 Å². The first-order chi connectivity index (χ1) is 6.17. The lowest BCUT2D eigenvalue weighted by Gasteiger charge is -2.01. The molecule has 0 aromatic carbocycles. The molecule has 0 bridgehead atoms. The summed E-state index contributed by atoms with van der Waals surface area (Å²) in [6, 6.07) is 0. The number of aldehydes is 1. The summed E-state index contributed by atoms with van der Waals surface area (Å²) in [4.78, 5) is 25.0. The maximum atomic E-state index is 10.6. The van der Waals surface area contributed by atoms with E-state index in [2.05, 4.69) is 4.98 Å². The topological polar surface area (TPSA) is 78.0 Å². The van der Waals surface area contributed by atoms with E-state index in [9.17, 15) is 9.59 Å². The summed E-state index contributed by atoms with van der Waals surface area (Å²) in [6.45, 7) is 1.97. The Kier molecular flexibility index (Phi) is 2.79. The van der Waals surface area contributed by atoms with Crippen LogP contribution in [0.3, 0.4) is 0 Å². The van der Waals surface area contributed by atoms with E-state index in [0.29, 0.717) is 24.2 Å². The van der Waals surface area contributed by atoms with Gasteiger partial charge in [-0.25, -0.2) is 4.98 Å². The third-order valence-corrected chi connectivity index (χ3v) is 1.64. The quantitative estimate of drug-likeness (QED) is 0.650. The normalized spacial score (nSPS) is 9.92. The average Bonchev–Trinajstić information content (AvgIpc) is 2.46. The number of primary amides is 1. The predicted octanol–water partition coefficient (Wildman–Crippen LogP) is -0.257. The highest BCUT2D eigenvalue weighted by Crippen LogP contribution is 2.02. The second kappa shape index (κ2) is 3.84. The Morgan fingerprint density at radius 3 is 2.92 bits per heavy atom. The fourth-order valence-corrected chi connectivity index (χ4v) is 1.12. The number of aromatic nitrogens is 2. The fourth-order valence-electron chi connectivity index (χ4n) is 1.12. The number of carbonyl (C=O) groups is 2. The Labute approximate surface area is 75.6 Å². The van der Waals surface area contributed by atoms with Crippen molar-refractivity contribution in [1.82, 2.24) is 9.55 Å². The van der Waals surface area contributed by atoms with Crippen LogP contribution in [0.15, 0.2) is 6.20 Å². The van der Waals surface area contributed by atoms with E-state index in [4.69, 9.17) is 5.73 Å². The van der Waals surface area contributed by atoms with Gasteiger partial charge in [-0.05, 0) is 0 Å². The number of aryl methyl sites for hydroxylation is 1. The van der Waals surface area contributed by atoms with Crippen LogP contribution in [0.1, 0.15) is 23.2 Å². The Morgan fingerprint density at radius 2 is 2.46 bits per heavy atom. The predicted molar refractivity (Wildman–Crippen MR) is 46.2 cm³/mol. The summed E-state index contributed by atoms with van der Waals surface area (Å²) < 4.78 is 1.59. The highest BCUT2D eigenvalue weighted by Gasteiger charge is 2.06. The highest BCUT2D eigenvalue weighted by molar-refractivity contribution is 5.74. The van der Waals surface area contributed by atoms with E-state index < -0.39 is 5.91 Å². The lowest BCUT2D eigenvalue weighted by Crippen LogP contribution is -2.19. The van der Waals surface area contributed by atoms with Gasteiger partial charge in [0.1, 0.15) is 18.1 Å². The molecule has 5 nitrogen and oxygen atoms in total. The van der Waals surface area contributed by atoms with Gasteiger partial charge < -0.3 is 10.3 Å². The van der Waals surface area contributed by atoms with E-state index in [1.807, 2.05) is 6.92 Å². The third kappa shape index (κ3) is 2.14. The van der Waals surface area contributed by atoms with Gasteiger partial charge in [-0.3, -0.25) is 9.59 Å². The largest absolute Gasteiger partial charge is 0.368 e. The van der Waals surface area contributed by atoms with E-state index in [1.54, 1.807) is 4.57 Å². The van der Waals surface area contributed by atoms with Crippen LogP contribution in [0.5, 0.6) is 0 Å². The minimum absolute atomic E-state index is 0.0734. The third-order valence-electron chi connectivity index (χ3n) is 1.64. The molecule has 13 heavy (non-hydrogen) atoms. The zero-order valence-electron chi connectivity index (χ0n) is 7.36. The number of carbonyl (C=O) groups excluding carboxylic acids is 2. The minimum Gasteiger partial charge on any atom is -0.368 e. The molecule has 1 rings (SSSR count). The standard InChI is InChI=1S/C8H11N3O2/c1-2-8-10-6(5-12)3-11(8)4-7(9)13/h3,5H,2,4H2,1H3,(H2,9,13). The molecule has 70 valence electrons. The van der Waals surface area contributed by atoms with Crippen LogP contribution in [0.4, 0.5) is 0 Å². The molecule has 0 saturated carbocycles. The molecular weight excluding hydrogens is 170 g/mol. The number of hydrogen-bond acceptors (Lipinski definition) is 3. The monoisotopic (exact) mass is 181 g/mol. The van der Waals surface area contributed by atoms with Gasteiger partial charge in [0.25, 0.3) is 0 Å². The highest BCUT2D eigenvalue weighted by atomic mass is 16.1. The van der Waals surface area contributed by atoms with E-state index in [0.717, 1.165) is 0 Å². The number of nitrogens with zero attached hydrogens (tertiary/aromatic N) is 2. The smallest absolute Gasteiger partial charge is 0.237 e. The summed E-state index contributed by atoms with van der Waals surface area (Å²) in [7, 11) is 0. The van der Waals surface area contributed by atoms with Gasteiger partial charge in [-0.2, -0.15) is 0 Å². The van der Waals surface area contributed by atoms with Gasteiger partial charge in [0, 0.05) is 12.6 Å². The van der Waals surface area contributed by atoms with Gasteiger partial charge in [0.15, 0.2) is 6.29 Å². The van der Waals surface area contributed by atoms with Crippen molar-refractivity contribution in [1.29, 1.82) is 0 Å². The number of amides is 1. The Hall–Kier alpha value is -1.65. The lowest BCUT2D eigenvalue weighted by atomic mass is 10.4. The zero-order chi connectivity index (χ0) is 9.84. The first kappa shape index (κ1) is 9.44. The molecule has 0 fully saturated rings. The van der Waals surface area contributed by atoms with Gasteiger partial charge in [-0.15, -0.1) is 0 Å². The van der Waals surface area contributed by atoms with Gasteiger partial charge in [0.2, 0.25) is 5.91 Å². The van der Waals surface area contributed by atoms with Crippen molar-refractivity contribution < 1.29 is 9.59 Å². The average molecular weight is 181 g/mol. The molecule has 0 aliphatic heterocycles. The van der Waals surface area contributed by atoms with Crippen molar-refractivity contribution >= 4 is 12.2 Å². The maximum absolute atomic E-state index is 10.6. The van der Waals surface area contributed by atoms with Crippen LogP contribution in [-0.4, -0.2) is 21.7 Å². The number of hydrogen-bond donors (Lipinski definition) is 1. The first-order valence-electron chi connectivity index (χ1n) is 3.97. The van der Waals surface area contributed by atoms with Crippen LogP contribution in [0, 0.1) is 0 Å². The van der Waals surface area contributed by atoms with Crippen molar-refractivity contribution in [3.63, 3.8) is 0 Å². The van der Waals surface area contributed by atoms with Crippen molar-refractivity contribution in [2.45, 2.75) is 19.9 Å². The number of rotatable bonds is 4. The Balaban J connectivity index is 2.96. The Morgan fingerprint density at radius 1 is 1.77 bits per heavy atom. The molecule has 2 N–H and O–H groups in total. The van der Waals surface area contributed by atoms with Crippen LogP contribution >= 0.6 is 0 Å². The summed E-state index contributed by atoms with van der Waals surface area (Å²) in [5.74, 6) is 0.255. The van der Waals surface area contributed by atoms with Gasteiger partial charge in [0.05, 0.1) is 0 Å². The van der Waals surface area contributed by atoms with Crippen molar-refractivity contribution in [2.75, 3.05) is 0 Å². The van der Waals surface area contributed by atoms with E-state index >= 15 is 0 Å². The molecule has 0 atom stereocenters. The molecular formula is C8H11N3O2. The van der Waals surface area contributed by atoms with E-state index in [1.165, 1.54) is 6.20 Å². The van der Waals surface area contributed by atoms with Gasteiger partial charge >= 0.3 is 0 Å². The molecule has 1 heterocycles. The molecule has 0 unspecified atom stereocenters. The van der Waals surface area contributed by atoms with Crippen LogP contribution in [-0.2, 0) is 17.8 Å². The number of nitrogens with two attached hydrogens (primary N) is 1. The maximum Gasteiger partial charge on any atom is 0.237 e. The summed E-state index contributed by atoms with van der Waals surface area (Å²) in [5, 5.41) is 0. The molecule has 0 radical (unpaired) electrons. The fraction of sp³-hybridized carbons (Fsp3) is 0.375. The lowest BCUT2D eigenvalue weighted by molar-refractivity contribution is -0.118. The molecule has 1 amide bonds. The molecule has 5 heteroatoms. The summed E-state index contributed by atoms with van der Waals surface area (Å²) in [5.41, 5.74) is 5.35. The molecule has 0 aliphatic rings. The minimum atomic E-state index is -0.440.